The van der Waals surface area contributed by atoms with E-state index in [4.69, 9.17) is 9.47 Å². The van der Waals surface area contributed by atoms with Crippen molar-refractivity contribution in [3.8, 4) is 5.75 Å². The summed E-state index contributed by atoms with van der Waals surface area (Å²) in [5.41, 5.74) is 0. The maximum absolute atomic E-state index is 5.48. The van der Waals surface area contributed by atoms with Gasteiger partial charge in [0.1, 0.15) is 6.61 Å². The van der Waals surface area contributed by atoms with Crippen molar-refractivity contribution in [3.05, 3.63) is 12.4 Å². The van der Waals surface area contributed by atoms with E-state index in [9.17, 15) is 0 Å². The number of nitrogens with zero attached hydrogens (tertiary/aromatic N) is 2. The average Bonchev–Trinajstić information content (AvgIpc) is 2.62. The molecule has 80 valence electrons. The predicted octanol–water partition coefficient (Wildman–Crippen LogP) is 1.88. The SMILES string of the molecule is COC(C)COc1cnn(C(C)C)c1. The van der Waals surface area contributed by atoms with Crippen LogP contribution in [0.1, 0.15) is 26.8 Å². The quantitative estimate of drug-likeness (QED) is 0.724. The molecule has 0 spiro atoms. The largest absolute Gasteiger partial charge is 0.488 e. The van der Waals surface area contributed by atoms with Gasteiger partial charge >= 0.3 is 0 Å². The number of rotatable bonds is 5. The monoisotopic (exact) mass is 198 g/mol. The molecule has 1 aromatic heterocycles. The third-order valence-corrected chi connectivity index (χ3v) is 1.99. The van der Waals surface area contributed by atoms with Crippen LogP contribution in [-0.4, -0.2) is 29.6 Å². The summed E-state index contributed by atoms with van der Waals surface area (Å²) in [6.45, 7) is 6.68. The van der Waals surface area contributed by atoms with Gasteiger partial charge in [-0.3, -0.25) is 4.68 Å². The van der Waals surface area contributed by atoms with E-state index in [1.165, 1.54) is 0 Å². The number of hydrogen-bond donors (Lipinski definition) is 0. The van der Waals surface area contributed by atoms with Crippen LogP contribution in [0.4, 0.5) is 0 Å². The molecule has 0 aliphatic carbocycles. The first-order valence-electron chi connectivity index (χ1n) is 4.83. The molecule has 1 aromatic rings. The van der Waals surface area contributed by atoms with Crippen LogP contribution in [0.5, 0.6) is 5.75 Å². The third kappa shape index (κ3) is 3.03. The molecular formula is C10H18N2O2. The lowest BCUT2D eigenvalue weighted by atomic mass is 10.4. The lowest BCUT2D eigenvalue weighted by Crippen LogP contribution is -2.15. The van der Waals surface area contributed by atoms with Crippen molar-refractivity contribution in [1.82, 2.24) is 9.78 Å². The topological polar surface area (TPSA) is 36.3 Å². The van der Waals surface area contributed by atoms with Crippen molar-refractivity contribution in [2.75, 3.05) is 13.7 Å². The molecule has 1 unspecified atom stereocenters. The molecule has 0 fully saturated rings. The van der Waals surface area contributed by atoms with Gasteiger partial charge < -0.3 is 9.47 Å². The molecule has 0 saturated heterocycles. The van der Waals surface area contributed by atoms with Crippen LogP contribution in [0.2, 0.25) is 0 Å². The fourth-order valence-electron chi connectivity index (χ4n) is 0.959. The van der Waals surface area contributed by atoms with E-state index < -0.39 is 0 Å². The summed E-state index contributed by atoms with van der Waals surface area (Å²) >= 11 is 0. The van der Waals surface area contributed by atoms with E-state index >= 15 is 0 Å². The second kappa shape index (κ2) is 5.00. The lowest BCUT2D eigenvalue weighted by molar-refractivity contribution is 0.0716. The Labute approximate surface area is 84.8 Å². The van der Waals surface area contributed by atoms with Gasteiger partial charge in [-0.2, -0.15) is 5.10 Å². The van der Waals surface area contributed by atoms with Gasteiger partial charge in [-0.1, -0.05) is 0 Å². The molecule has 0 aromatic carbocycles. The van der Waals surface area contributed by atoms with Crippen molar-refractivity contribution in [2.45, 2.75) is 32.9 Å². The fraction of sp³-hybridized carbons (Fsp3) is 0.700. The fourth-order valence-corrected chi connectivity index (χ4v) is 0.959. The van der Waals surface area contributed by atoms with Crippen LogP contribution < -0.4 is 4.74 Å². The highest BCUT2D eigenvalue weighted by molar-refractivity contribution is 5.11. The minimum Gasteiger partial charge on any atom is -0.488 e. The zero-order chi connectivity index (χ0) is 10.6. The number of methoxy groups -OCH3 is 1. The first-order chi connectivity index (χ1) is 6.63. The molecule has 14 heavy (non-hydrogen) atoms. The van der Waals surface area contributed by atoms with Gasteiger partial charge in [0, 0.05) is 13.2 Å². The van der Waals surface area contributed by atoms with E-state index in [1.807, 2.05) is 17.8 Å². The molecule has 0 bridgehead atoms. The Morgan fingerprint density at radius 2 is 2.14 bits per heavy atom. The van der Waals surface area contributed by atoms with Gasteiger partial charge in [-0.15, -0.1) is 0 Å². The zero-order valence-electron chi connectivity index (χ0n) is 9.23. The molecule has 0 aliphatic rings. The first-order valence-corrected chi connectivity index (χ1v) is 4.83. The summed E-state index contributed by atoms with van der Waals surface area (Å²) in [5, 5.41) is 4.17. The van der Waals surface area contributed by atoms with Crippen LogP contribution in [0.3, 0.4) is 0 Å². The maximum atomic E-state index is 5.48. The zero-order valence-corrected chi connectivity index (χ0v) is 9.23. The Morgan fingerprint density at radius 3 is 2.64 bits per heavy atom. The van der Waals surface area contributed by atoms with Gasteiger partial charge in [0.25, 0.3) is 0 Å². The highest BCUT2D eigenvalue weighted by atomic mass is 16.5. The summed E-state index contributed by atoms with van der Waals surface area (Å²) < 4.78 is 12.4. The Kier molecular flexibility index (Phi) is 3.95. The van der Waals surface area contributed by atoms with Crippen LogP contribution in [0.25, 0.3) is 0 Å². The third-order valence-electron chi connectivity index (χ3n) is 1.99. The van der Waals surface area contributed by atoms with Gasteiger partial charge in [-0.25, -0.2) is 0 Å². The summed E-state index contributed by atoms with van der Waals surface area (Å²) in [4.78, 5) is 0. The van der Waals surface area contributed by atoms with E-state index in [0.29, 0.717) is 12.6 Å². The Bertz CT molecular complexity index is 271. The highest BCUT2D eigenvalue weighted by Crippen LogP contribution is 2.12. The van der Waals surface area contributed by atoms with Crippen molar-refractivity contribution < 1.29 is 9.47 Å². The Hall–Kier alpha value is -1.03. The van der Waals surface area contributed by atoms with Gasteiger partial charge in [0.05, 0.1) is 18.5 Å². The number of aromatic nitrogens is 2. The van der Waals surface area contributed by atoms with Crippen LogP contribution in [-0.2, 0) is 4.74 Å². The van der Waals surface area contributed by atoms with E-state index in [1.54, 1.807) is 13.3 Å². The average molecular weight is 198 g/mol. The molecular weight excluding hydrogens is 180 g/mol. The summed E-state index contributed by atoms with van der Waals surface area (Å²) in [6.07, 6.45) is 3.73. The van der Waals surface area contributed by atoms with Gasteiger partial charge in [0.15, 0.2) is 5.75 Å². The molecule has 0 N–H and O–H groups in total. The van der Waals surface area contributed by atoms with Crippen molar-refractivity contribution >= 4 is 0 Å². The Morgan fingerprint density at radius 1 is 1.43 bits per heavy atom. The molecule has 4 nitrogen and oxygen atoms in total. The Balaban J connectivity index is 2.44. The van der Waals surface area contributed by atoms with Crippen LogP contribution >= 0.6 is 0 Å². The highest BCUT2D eigenvalue weighted by Gasteiger charge is 2.04. The molecule has 0 amide bonds. The van der Waals surface area contributed by atoms with Crippen molar-refractivity contribution in [2.24, 2.45) is 0 Å². The standard InChI is InChI=1S/C10H18N2O2/c1-8(2)12-6-10(5-11-12)14-7-9(3)13-4/h5-6,8-9H,7H2,1-4H3. The molecule has 0 aliphatic heterocycles. The van der Waals surface area contributed by atoms with E-state index in [0.717, 1.165) is 5.75 Å². The van der Waals surface area contributed by atoms with E-state index in [-0.39, 0.29) is 6.10 Å². The molecule has 1 heterocycles. The lowest BCUT2D eigenvalue weighted by Gasteiger charge is -2.09. The number of hydrogen-bond acceptors (Lipinski definition) is 3. The maximum Gasteiger partial charge on any atom is 0.157 e. The minimum atomic E-state index is 0.109. The molecule has 1 atom stereocenters. The van der Waals surface area contributed by atoms with Gasteiger partial charge in [-0.05, 0) is 20.8 Å². The predicted molar refractivity (Wildman–Crippen MR) is 54.6 cm³/mol. The van der Waals surface area contributed by atoms with Crippen molar-refractivity contribution in [1.29, 1.82) is 0 Å². The summed E-state index contributed by atoms with van der Waals surface area (Å²) in [6, 6.07) is 0.368. The molecule has 0 saturated carbocycles. The smallest absolute Gasteiger partial charge is 0.157 e. The van der Waals surface area contributed by atoms with Crippen LogP contribution in [0.15, 0.2) is 12.4 Å². The normalized spacial score (nSPS) is 13.2. The van der Waals surface area contributed by atoms with Crippen LogP contribution in [0, 0.1) is 0 Å². The van der Waals surface area contributed by atoms with Crippen molar-refractivity contribution in [3.63, 3.8) is 0 Å². The molecule has 0 radical (unpaired) electrons. The number of ether oxygens (including phenoxy) is 2. The second-order valence-electron chi connectivity index (χ2n) is 3.61. The first kappa shape index (κ1) is 11.0. The second-order valence-corrected chi connectivity index (χ2v) is 3.61. The van der Waals surface area contributed by atoms with Gasteiger partial charge in [0.2, 0.25) is 0 Å². The molecule has 4 heteroatoms. The minimum absolute atomic E-state index is 0.109. The molecule has 1 rings (SSSR count). The summed E-state index contributed by atoms with van der Waals surface area (Å²) in [5.74, 6) is 0.794. The van der Waals surface area contributed by atoms with E-state index in [2.05, 4.69) is 18.9 Å². The summed E-state index contributed by atoms with van der Waals surface area (Å²) in [7, 11) is 1.67.